The van der Waals surface area contributed by atoms with Gasteiger partial charge in [-0.15, -0.1) is 0 Å². The third-order valence-electron chi connectivity index (χ3n) is 2.08. The summed E-state index contributed by atoms with van der Waals surface area (Å²) in [5.74, 6) is -0.321. The van der Waals surface area contributed by atoms with E-state index in [2.05, 4.69) is 5.32 Å². The molecule has 0 saturated carbocycles. The fraction of sp³-hybridized carbons (Fsp3) is 0.417. The van der Waals surface area contributed by atoms with Gasteiger partial charge in [0, 0.05) is 12.6 Å². The minimum absolute atomic E-state index is 0.0415. The van der Waals surface area contributed by atoms with Gasteiger partial charge in [-0.3, -0.25) is 0 Å². The van der Waals surface area contributed by atoms with Crippen molar-refractivity contribution in [2.75, 3.05) is 19.8 Å². The number of carbonyl (C=O) groups is 1. The number of aliphatic hydroxyl groups excluding tert-OH is 1. The zero-order chi connectivity index (χ0) is 11.8. The van der Waals surface area contributed by atoms with E-state index in [-0.39, 0.29) is 18.6 Å². The third-order valence-corrected chi connectivity index (χ3v) is 2.08. The fourth-order valence-corrected chi connectivity index (χ4v) is 1.23. The maximum atomic E-state index is 11.5. The third kappa shape index (κ3) is 4.42. The number of nitrogens with one attached hydrogen (secondary N) is 1. The first-order valence-electron chi connectivity index (χ1n) is 5.30. The summed E-state index contributed by atoms with van der Waals surface area (Å²) in [6.07, 6.45) is 0. The van der Waals surface area contributed by atoms with Crippen LogP contribution in [-0.2, 0) is 4.74 Å². The standard InChI is InChI=1S/C12H17NO3/c1-10(13-7-8-14)9-16-12(15)11-5-3-2-4-6-11/h2-6,10,13-14H,7-9H2,1H3/t10-/m0/s1. The summed E-state index contributed by atoms with van der Waals surface area (Å²) in [7, 11) is 0. The molecule has 0 amide bonds. The molecule has 2 N–H and O–H groups in total. The van der Waals surface area contributed by atoms with Gasteiger partial charge in [0.25, 0.3) is 0 Å². The van der Waals surface area contributed by atoms with Crippen molar-refractivity contribution >= 4 is 5.97 Å². The molecular formula is C12H17NO3. The summed E-state index contributed by atoms with van der Waals surface area (Å²) < 4.78 is 5.10. The second-order valence-corrected chi connectivity index (χ2v) is 3.54. The molecule has 1 rings (SSSR count). The van der Waals surface area contributed by atoms with Crippen LogP contribution < -0.4 is 5.32 Å². The maximum Gasteiger partial charge on any atom is 0.338 e. The lowest BCUT2D eigenvalue weighted by atomic mass is 10.2. The summed E-state index contributed by atoms with van der Waals surface area (Å²) in [5.41, 5.74) is 0.553. The molecule has 0 bridgehead atoms. The van der Waals surface area contributed by atoms with Crippen LogP contribution in [-0.4, -0.2) is 36.9 Å². The van der Waals surface area contributed by atoms with Gasteiger partial charge in [-0.05, 0) is 19.1 Å². The van der Waals surface area contributed by atoms with Crippen molar-refractivity contribution in [3.63, 3.8) is 0 Å². The summed E-state index contributed by atoms with van der Waals surface area (Å²) in [4.78, 5) is 11.5. The van der Waals surface area contributed by atoms with Gasteiger partial charge in [-0.2, -0.15) is 0 Å². The Kier molecular flexibility index (Phi) is 5.53. The van der Waals surface area contributed by atoms with Crippen molar-refractivity contribution in [3.8, 4) is 0 Å². The largest absolute Gasteiger partial charge is 0.460 e. The van der Waals surface area contributed by atoms with Crippen LogP contribution in [0.3, 0.4) is 0 Å². The van der Waals surface area contributed by atoms with Gasteiger partial charge in [0.1, 0.15) is 6.61 Å². The molecule has 0 spiro atoms. The Morgan fingerprint density at radius 2 is 2.12 bits per heavy atom. The molecule has 16 heavy (non-hydrogen) atoms. The molecule has 0 unspecified atom stereocenters. The van der Waals surface area contributed by atoms with Crippen LogP contribution in [0.25, 0.3) is 0 Å². The fourth-order valence-electron chi connectivity index (χ4n) is 1.23. The Morgan fingerprint density at radius 1 is 1.44 bits per heavy atom. The van der Waals surface area contributed by atoms with Gasteiger partial charge in [0.2, 0.25) is 0 Å². The van der Waals surface area contributed by atoms with Gasteiger partial charge < -0.3 is 15.2 Å². The zero-order valence-electron chi connectivity index (χ0n) is 9.35. The van der Waals surface area contributed by atoms with Crippen LogP contribution in [0.1, 0.15) is 17.3 Å². The molecule has 88 valence electrons. The number of hydrogen-bond donors (Lipinski definition) is 2. The van der Waals surface area contributed by atoms with Crippen molar-refractivity contribution in [2.45, 2.75) is 13.0 Å². The van der Waals surface area contributed by atoms with Crippen molar-refractivity contribution in [1.82, 2.24) is 5.32 Å². The molecule has 4 nitrogen and oxygen atoms in total. The predicted molar refractivity (Wildman–Crippen MR) is 61.3 cm³/mol. The monoisotopic (exact) mass is 223 g/mol. The molecule has 0 radical (unpaired) electrons. The second-order valence-electron chi connectivity index (χ2n) is 3.54. The summed E-state index contributed by atoms with van der Waals surface area (Å²) >= 11 is 0. The number of aliphatic hydroxyl groups is 1. The lowest BCUT2D eigenvalue weighted by molar-refractivity contribution is 0.0471. The number of hydrogen-bond acceptors (Lipinski definition) is 4. The second kappa shape index (κ2) is 6.98. The van der Waals surface area contributed by atoms with Crippen LogP contribution in [0.4, 0.5) is 0 Å². The van der Waals surface area contributed by atoms with Gasteiger partial charge in [0.05, 0.1) is 12.2 Å². The lowest BCUT2D eigenvalue weighted by Crippen LogP contribution is -2.33. The Morgan fingerprint density at radius 3 is 2.75 bits per heavy atom. The van der Waals surface area contributed by atoms with E-state index in [9.17, 15) is 4.79 Å². The number of esters is 1. The molecule has 0 aliphatic carbocycles. The van der Waals surface area contributed by atoms with Gasteiger partial charge >= 0.3 is 5.97 Å². The van der Waals surface area contributed by atoms with E-state index in [1.807, 2.05) is 13.0 Å². The van der Waals surface area contributed by atoms with Gasteiger partial charge in [0.15, 0.2) is 0 Å². The predicted octanol–water partition coefficient (Wildman–Crippen LogP) is 0.814. The van der Waals surface area contributed by atoms with E-state index in [1.165, 1.54) is 0 Å². The first kappa shape index (κ1) is 12.7. The van der Waals surface area contributed by atoms with Gasteiger partial charge in [-0.1, -0.05) is 18.2 Å². The normalized spacial score (nSPS) is 12.1. The summed E-state index contributed by atoms with van der Waals surface area (Å²) in [6, 6.07) is 8.92. The van der Waals surface area contributed by atoms with Crippen LogP contribution in [0, 0.1) is 0 Å². The smallest absolute Gasteiger partial charge is 0.338 e. The molecule has 1 aromatic carbocycles. The lowest BCUT2D eigenvalue weighted by Gasteiger charge is -2.13. The highest BCUT2D eigenvalue weighted by Gasteiger charge is 2.08. The minimum atomic E-state index is -0.321. The topological polar surface area (TPSA) is 58.6 Å². The van der Waals surface area contributed by atoms with E-state index in [4.69, 9.17) is 9.84 Å². The molecule has 1 atom stereocenters. The van der Waals surface area contributed by atoms with Crippen molar-refractivity contribution in [3.05, 3.63) is 35.9 Å². The molecule has 0 aliphatic heterocycles. The number of benzene rings is 1. The molecule has 0 aliphatic rings. The average molecular weight is 223 g/mol. The number of rotatable bonds is 6. The average Bonchev–Trinajstić information content (AvgIpc) is 2.34. The molecular weight excluding hydrogens is 206 g/mol. The summed E-state index contributed by atoms with van der Waals surface area (Å²) in [6.45, 7) is 2.78. The van der Waals surface area contributed by atoms with Crippen LogP contribution in [0.2, 0.25) is 0 Å². The molecule has 0 aromatic heterocycles. The van der Waals surface area contributed by atoms with E-state index in [0.29, 0.717) is 18.7 Å². The summed E-state index contributed by atoms with van der Waals surface area (Å²) in [5, 5.41) is 11.6. The van der Waals surface area contributed by atoms with Crippen LogP contribution in [0.5, 0.6) is 0 Å². The molecule has 0 heterocycles. The molecule has 1 aromatic rings. The first-order chi connectivity index (χ1) is 7.74. The minimum Gasteiger partial charge on any atom is -0.460 e. The maximum absolute atomic E-state index is 11.5. The highest BCUT2D eigenvalue weighted by Crippen LogP contribution is 2.01. The molecule has 4 heteroatoms. The molecule has 0 saturated heterocycles. The molecule has 0 fully saturated rings. The van der Waals surface area contributed by atoms with E-state index in [0.717, 1.165) is 0 Å². The SMILES string of the molecule is C[C@@H](COC(=O)c1ccccc1)NCCO. The van der Waals surface area contributed by atoms with Crippen molar-refractivity contribution in [1.29, 1.82) is 0 Å². The highest BCUT2D eigenvalue weighted by molar-refractivity contribution is 5.89. The Hall–Kier alpha value is -1.39. The zero-order valence-corrected chi connectivity index (χ0v) is 9.35. The number of ether oxygens (including phenoxy) is 1. The van der Waals surface area contributed by atoms with Crippen molar-refractivity contribution < 1.29 is 14.6 Å². The number of carbonyl (C=O) groups excluding carboxylic acids is 1. The Labute approximate surface area is 95.2 Å². The Bertz CT molecular complexity index is 313. The quantitative estimate of drug-likeness (QED) is 0.701. The van der Waals surface area contributed by atoms with E-state index in [1.54, 1.807) is 24.3 Å². The van der Waals surface area contributed by atoms with E-state index < -0.39 is 0 Å². The van der Waals surface area contributed by atoms with Crippen LogP contribution in [0.15, 0.2) is 30.3 Å². The van der Waals surface area contributed by atoms with Gasteiger partial charge in [-0.25, -0.2) is 4.79 Å². The van der Waals surface area contributed by atoms with E-state index >= 15 is 0 Å². The highest BCUT2D eigenvalue weighted by atomic mass is 16.5. The van der Waals surface area contributed by atoms with Crippen LogP contribution >= 0.6 is 0 Å². The van der Waals surface area contributed by atoms with Crippen molar-refractivity contribution in [2.24, 2.45) is 0 Å². The first-order valence-corrected chi connectivity index (χ1v) is 5.30. The Balaban J connectivity index is 2.30.